The molecule has 30 heavy (non-hydrogen) atoms. The molecule has 7 nitrogen and oxygen atoms in total. The van der Waals surface area contributed by atoms with E-state index in [4.69, 9.17) is 16.3 Å². The van der Waals surface area contributed by atoms with Gasteiger partial charge < -0.3 is 10.1 Å². The molecule has 1 amide bonds. The van der Waals surface area contributed by atoms with Crippen LogP contribution in [0.15, 0.2) is 47.4 Å². The SMILES string of the molecule is Cc1cc(S(=O)(=O)NCCCN2CCOCC2)ccc1NC(=O)c1ccc(Cl)cc1. The van der Waals surface area contributed by atoms with Crippen molar-refractivity contribution in [2.24, 2.45) is 0 Å². The number of carbonyl (C=O) groups is 1. The number of hydrogen-bond donors (Lipinski definition) is 2. The fourth-order valence-corrected chi connectivity index (χ4v) is 4.44. The van der Waals surface area contributed by atoms with Gasteiger partial charge in [-0.05, 0) is 67.9 Å². The Labute approximate surface area is 182 Å². The molecule has 3 rings (SSSR count). The van der Waals surface area contributed by atoms with Crippen LogP contribution < -0.4 is 10.0 Å². The van der Waals surface area contributed by atoms with Crippen molar-refractivity contribution in [2.45, 2.75) is 18.2 Å². The maximum atomic E-state index is 12.6. The minimum absolute atomic E-state index is 0.177. The summed E-state index contributed by atoms with van der Waals surface area (Å²) in [6, 6.07) is 11.2. The van der Waals surface area contributed by atoms with Gasteiger partial charge in [-0.15, -0.1) is 0 Å². The number of rotatable bonds is 8. The van der Waals surface area contributed by atoms with Crippen molar-refractivity contribution in [3.63, 3.8) is 0 Å². The molecule has 0 aromatic heterocycles. The molecule has 0 saturated carbocycles. The maximum absolute atomic E-state index is 12.6. The normalized spacial score (nSPS) is 15.1. The highest BCUT2D eigenvalue weighted by Crippen LogP contribution is 2.21. The van der Waals surface area contributed by atoms with Crippen LogP contribution in [0.3, 0.4) is 0 Å². The number of ether oxygens (including phenoxy) is 1. The molecule has 1 saturated heterocycles. The molecule has 0 bridgehead atoms. The Bertz CT molecular complexity index is 974. The summed E-state index contributed by atoms with van der Waals surface area (Å²) >= 11 is 5.84. The first-order valence-electron chi connectivity index (χ1n) is 9.82. The topological polar surface area (TPSA) is 87.7 Å². The number of sulfonamides is 1. The lowest BCUT2D eigenvalue weighted by molar-refractivity contribution is 0.0376. The molecular formula is C21H26ClN3O4S. The van der Waals surface area contributed by atoms with Gasteiger partial charge in [-0.1, -0.05) is 11.6 Å². The molecule has 0 spiro atoms. The Morgan fingerprint density at radius 2 is 1.83 bits per heavy atom. The van der Waals surface area contributed by atoms with Crippen molar-refractivity contribution in [3.05, 3.63) is 58.6 Å². The largest absolute Gasteiger partial charge is 0.379 e. The lowest BCUT2D eigenvalue weighted by atomic mass is 10.1. The van der Waals surface area contributed by atoms with Crippen LogP contribution >= 0.6 is 11.6 Å². The second-order valence-electron chi connectivity index (χ2n) is 7.14. The number of carbonyl (C=O) groups excluding carboxylic acids is 1. The standard InChI is InChI=1S/C21H26ClN3O4S/c1-16-15-19(30(27,28)23-9-2-10-25-11-13-29-14-12-25)7-8-20(16)24-21(26)17-3-5-18(22)6-4-17/h3-8,15,23H,2,9-14H2,1H3,(H,24,26). The third-order valence-corrected chi connectivity index (χ3v) is 6.62. The van der Waals surface area contributed by atoms with E-state index in [1.165, 1.54) is 6.07 Å². The number of hydrogen-bond acceptors (Lipinski definition) is 5. The summed E-state index contributed by atoms with van der Waals surface area (Å²) in [7, 11) is -3.61. The van der Waals surface area contributed by atoms with Crippen LogP contribution in [0.5, 0.6) is 0 Å². The number of nitrogens with one attached hydrogen (secondary N) is 2. The Hall–Kier alpha value is -1.97. The smallest absolute Gasteiger partial charge is 0.255 e. The summed E-state index contributed by atoms with van der Waals surface area (Å²) in [5.41, 5.74) is 1.69. The third kappa shape index (κ3) is 6.26. The number of nitrogens with zero attached hydrogens (tertiary/aromatic N) is 1. The van der Waals surface area contributed by atoms with Gasteiger partial charge in [-0.25, -0.2) is 13.1 Å². The van der Waals surface area contributed by atoms with Crippen LogP contribution in [0.2, 0.25) is 5.02 Å². The Morgan fingerprint density at radius 3 is 2.50 bits per heavy atom. The summed E-state index contributed by atoms with van der Waals surface area (Å²) in [4.78, 5) is 14.8. The molecule has 1 aliphatic heterocycles. The van der Waals surface area contributed by atoms with Crippen LogP contribution in [-0.4, -0.2) is 58.6 Å². The molecule has 2 aromatic rings. The molecule has 162 valence electrons. The van der Waals surface area contributed by atoms with E-state index in [9.17, 15) is 13.2 Å². The minimum Gasteiger partial charge on any atom is -0.379 e. The summed E-state index contributed by atoms with van der Waals surface area (Å²) < 4.78 is 33.1. The van der Waals surface area contributed by atoms with E-state index < -0.39 is 10.0 Å². The van der Waals surface area contributed by atoms with Crippen molar-refractivity contribution < 1.29 is 17.9 Å². The molecule has 0 radical (unpaired) electrons. The number of morpholine rings is 1. The second-order valence-corrected chi connectivity index (χ2v) is 9.35. The molecule has 0 atom stereocenters. The zero-order valence-corrected chi connectivity index (χ0v) is 18.4. The van der Waals surface area contributed by atoms with Crippen LogP contribution in [0.1, 0.15) is 22.3 Å². The van der Waals surface area contributed by atoms with Crippen molar-refractivity contribution in [1.29, 1.82) is 0 Å². The van der Waals surface area contributed by atoms with E-state index in [0.717, 1.165) is 39.3 Å². The average molecular weight is 452 g/mol. The van der Waals surface area contributed by atoms with E-state index >= 15 is 0 Å². The molecule has 2 N–H and O–H groups in total. The summed E-state index contributed by atoms with van der Waals surface area (Å²) in [5.74, 6) is -0.286. The van der Waals surface area contributed by atoms with Crippen LogP contribution in [0.25, 0.3) is 0 Å². The van der Waals surface area contributed by atoms with Gasteiger partial charge in [0.2, 0.25) is 10.0 Å². The fourth-order valence-electron chi connectivity index (χ4n) is 3.16. The monoisotopic (exact) mass is 451 g/mol. The predicted molar refractivity (Wildman–Crippen MR) is 118 cm³/mol. The van der Waals surface area contributed by atoms with E-state index in [-0.39, 0.29) is 10.8 Å². The van der Waals surface area contributed by atoms with Crippen LogP contribution in [-0.2, 0) is 14.8 Å². The quantitative estimate of drug-likeness (QED) is 0.602. The molecule has 0 unspecified atom stereocenters. The average Bonchev–Trinajstić information content (AvgIpc) is 2.74. The van der Waals surface area contributed by atoms with E-state index in [1.54, 1.807) is 43.3 Å². The number of benzene rings is 2. The van der Waals surface area contributed by atoms with Crippen LogP contribution in [0.4, 0.5) is 5.69 Å². The number of anilines is 1. The lowest BCUT2D eigenvalue weighted by Gasteiger charge is -2.26. The zero-order chi connectivity index (χ0) is 21.6. The zero-order valence-electron chi connectivity index (χ0n) is 16.9. The molecule has 1 fully saturated rings. The molecule has 1 heterocycles. The van der Waals surface area contributed by atoms with Gasteiger partial charge in [0.15, 0.2) is 0 Å². The van der Waals surface area contributed by atoms with E-state index in [2.05, 4.69) is 14.9 Å². The first-order chi connectivity index (χ1) is 14.3. The Balaban J connectivity index is 1.56. The first kappa shape index (κ1) is 22.7. The summed E-state index contributed by atoms with van der Waals surface area (Å²) in [6.45, 7) is 6.19. The number of halogens is 1. The van der Waals surface area contributed by atoms with Gasteiger partial charge >= 0.3 is 0 Å². The fraction of sp³-hybridized carbons (Fsp3) is 0.381. The number of amides is 1. The molecule has 1 aliphatic rings. The third-order valence-electron chi connectivity index (χ3n) is 4.91. The van der Waals surface area contributed by atoms with Gasteiger partial charge in [0.1, 0.15) is 0 Å². The lowest BCUT2D eigenvalue weighted by Crippen LogP contribution is -2.38. The Morgan fingerprint density at radius 1 is 1.13 bits per heavy atom. The van der Waals surface area contributed by atoms with Gasteiger partial charge in [0, 0.05) is 35.9 Å². The molecule has 0 aliphatic carbocycles. The van der Waals surface area contributed by atoms with Crippen molar-refractivity contribution in [3.8, 4) is 0 Å². The predicted octanol–water partition coefficient (Wildman–Crippen LogP) is 2.90. The number of aryl methyl sites for hydroxylation is 1. The van der Waals surface area contributed by atoms with Crippen molar-refractivity contribution >= 4 is 33.2 Å². The first-order valence-corrected chi connectivity index (χ1v) is 11.7. The summed E-state index contributed by atoms with van der Waals surface area (Å²) in [5, 5.41) is 3.35. The van der Waals surface area contributed by atoms with Crippen molar-refractivity contribution in [2.75, 3.05) is 44.7 Å². The van der Waals surface area contributed by atoms with E-state index in [0.29, 0.717) is 28.4 Å². The van der Waals surface area contributed by atoms with Gasteiger partial charge in [0.05, 0.1) is 18.1 Å². The highest BCUT2D eigenvalue weighted by atomic mass is 35.5. The van der Waals surface area contributed by atoms with E-state index in [1.807, 2.05) is 0 Å². The molecular weight excluding hydrogens is 426 g/mol. The highest BCUT2D eigenvalue weighted by Gasteiger charge is 2.16. The van der Waals surface area contributed by atoms with Gasteiger partial charge in [-0.3, -0.25) is 9.69 Å². The van der Waals surface area contributed by atoms with Crippen LogP contribution in [0, 0.1) is 6.92 Å². The highest BCUT2D eigenvalue weighted by molar-refractivity contribution is 7.89. The summed E-state index contributed by atoms with van der Waals surface area (Å²) in [6.07, 6.45) is 0.730. The van der Waals surface area contributed by atoms with Gasteiger partial charge in [0.25, 0.3) is 5.91 Å². The second kappa shape index (κ2) is 10.4. The minimum atomic E-state index is -3.61. The van der Waals surface area contributed by atoms with Gasteiger partial charge in [-0.2, -0.15) is 0 Å². The van der Waals surface area contributed by atoms with Crippen molar-refractivity contribution in [1.82, 2.24) is 9.62 Å². The Kier molecular flexibility index (Phi) is 7.85. The molecule has 9 heteroatoms. The maximum Gasteiger partial charge on any atom is 0.255 e. The molecule has 2 aromatic carbocycles.